The zero-order chi connectivity index (χ0) is 8.10. The quantitative estimate of drug-likeness (QED) is 0.733. The van der Waals surface area contributed by atoms with E-state index in [9.17, 15) is 0 Å². The monoisotopic (exact) mass is 233 g/mol. The molecule has 0 unspecified atom stereocenters. The Hall–Kier alpha value is -0.0800. The van der Waals surface area contributed by atoms with Crippen molar-refractivity contribution in [3.05, 3.63) is 28.5 Å². The summed E-state index contributed by atoms with van der Waals surface area (Å²) in [6, 6.07) is 3.91. The molecule has 0 spiro atoms. The molecule has 0 aliphatic rings. The highest BCUT2D eigenvalue weighted by Gasteiger charge is 1.97. The van der Waals surface area contributed by atoms with Crippen LogP contribution in [-0.2, 0) is 6.42 Å². The molecule has 0 aromatic carbocycles. The Morgan fingerprint density at radius 3 is 3.00 bits per heavy atom. The van der Waals surface area contributed by atoms with Crippen LogP contribution in [0.1, 0.15) is 12.1 Å². The first-order valence-electron chi connectivity index (χ1n) is 3.50. The summed E-state index contributed by atoms with van der Waals surface area (Å²) in [7, 11) is 0. The van der Waals surface area contributed by atoms with Crippen LogP contribution in [0.25, 0.3) is 0 Å². The van der Waals surface area contributed by atoms with Gasteiger partial charge in [-0.25, -0.2) is 0 Å². The number of aromatic nitrogens is 1. The average molecular weight is 235 g/mol. The van der Waals surface area contributed by atoms with Gasteiger partial charge in [0, 0.05) is 16.5 Å². The number of hydrogen-bond acceptors (Lipinski definition) is 1. The van der Waals surface area contributed by atoms with Crippen molar-refractivity contribution in [2.24, 2.45) is 0 Å². The Labute approximate surface area is 79.9 Å². The van der Waals surface area contributed by atoms with Crippen molar-refractivity contribution in [2.45, 2.75) is 12.8 Å². The minimum absolute atomic E-state index is 0.697. The predicted molar refractivity (Wildman–Crippen MR) is 51.0 cm³/mol. The van der Waals surface area contributed by atoms with Gasteiger partial charge >= 0.3 is 0 Å². The molecule has 1 aromatic heterocycles. The van der Waals surface area contributed by atoms with Gasteiger partial charge in [-0.05, 0) is 40.9 Å². The van der Waals surface area contributed by atoms with Crippen LogP contribution in [0.5, 0.6) is 0 Å². The first-order valence-corrected chi connectivity index (χ1v) is 4.82. The summed E-state index contributed by atoms with van der Waals surface area (Å²) in [6.45, 7) is 0. The molecule has 0 saturated carbocycles. The third-order valence-corrected chi connectivity index (χ3v) is 2.37. The Balaban J connectivity index is 2.62. The number of hydrogen-bond donors (Lipinski definition) is 0. The first kappa shape index (κ1) is 9.01. The molecule has 0 aliphatic carbocycles. The molecule has 1 heterocycles. The molecule has 1 aromatic rings. The summed E-state index contributed by atoms with van der Waals surface area (Å²) in [6.07, 6.45) is 3.73. The van der Waals surface area contributed by atoms with E-state index in [4.69, 9.17) is 11.6 Å². The van der Waals surface area contributed by atoms with Gasteiger partial charge in [-0.3, -0.25) is 4.98 Å². The molecule has 0 N–H and O–H groups in total. The summed E-state index contributed by atoms with van der Waals surface area (Å²) in [5, 5.41) is 0. The lowest BCUT2D eigenvalue weighted by atomic mass is 10.2. The number of pyridine rings is 1. The largest absolute Gasteiger partial charge is 0.260 e. The normalized spacial score (nSPS) is 10.0. The molecule has 60 valence electrons. The van der Waals surface area contributed by atoms with Crippen LogP contribution in [0.2, 0.25) is 0 Å². The zero-order valence-electron chi connectivity index (χ0n) is 6.06. The van der Waals surface area contributed by atoms with Gasteiger partial charge in [0.15, 0.2) is 0 Å². The number of aryl methyl sites for hydroxylation is 1. The van der Waals surface area contributed by atoms with Gasteiger partial charge in [0.05, 0.1) is 5.69 Å². The number of rotatable bonds is 3. The van der Waals surface area contributed by atoms with Crippen molar-refractivity contribution in [2.75, 3.05) is 5.88 Å². The summed E-state index contributed by atoms with van der Waals surface area (Å²) in [5.41, 5.74) is 1.09. The lowest BCUT2D eigenvalue weighted by Crippen LogP contribution is -1.91. The summed E-state index contributed by atoms with van der Waals surface area (Å²) in [4.78, 5) is 4.21. The second kappa shape index (κ2) is 4.73. The Kier molecular flexibility index (Phi) is 3.87. The molecule has 0 amide bonds. The molecule has 0 aliphatic heterocycles. The van der Waals surface area contributed by atoms with Crippen LogP contribution in [0.4, 0.5) is 0 Å². The second-order valence-corrected chi connectivity index (χ2v) is 3.46. The van der Waals surface area contributed by atoms with Crippen molar-refractivity contribution in [3.8, 4) is 0 Å². The average Bonchev–Trinajstić information content (AvgIpc) is 2.03. The highest BCUT2D eigenvalue weighted by Crippen LogP contribution is 2.14. The zero-order valence-corrected chi connectivity index (χ0v) is 8.40. The topological polar surface area (TPSA) is 12.9 Å². The van der Waals surface area contributed by atoms with E-state index in [-0.39, 0.29) is 0 Å². The van der Waals surface area contributed by atoms with E-state index < -0.39 is 0 Å². The summed E-state index contributed by atoms with van der Waals surface area (Å²) in [5.74, 6) is 0.697. The van der Waals surface area contributed by atoms with Crippen LogP contribution in [0.3, 0.4) is 0 Å². The molecule has 0 radical (unpaired) electrons. The SMILES string of the molecule is ClCCCc1ncccc1Br. The van der Waals surface area contributed by atoms with Crippen molar-refractivity contribution >= 4 is 27.5 Å². The molecule has 0 atom stereocenters. The number of halogens is 2. The van der Waals surface area contributed by atoms with Gasteiger partial charge in [-0.1, -0.05) is 0 Å². The summed E-state index contributed by atoms with van der Waals surface area (Å²) >= 11 is 8.98. The molecule has 1 rings (SSSR count). The summed E-state index contributed by atoms with van der Waals surface area (Å²) < 4.78 is 1.07. The van der Waals surface area contributed by atoms with E-state index in [1.54, 1.807) is 6.20 Å². The van der Waals surface area contributed by atoms with Crippen LogP contribution in [0, 0.1) is 0 Å². The van der Waals surface area contributed by atoms with Crippen molar-refractivity contribution in [1.29, 1.82) is 0 Å². The van der Waals surface area contributed by atoms with Crippen molar-refractivity contribution in [3.63, 3.8) is 0 Å². The fourth-order valence-corrected chi connectivity index (χ4v) is 1.42. The standard InChI is InChI=1S/C8H9BrClN/c9-7-3-2-6-11-8(7)4-1-5-10/h2-3,6H,1,4-5H2. The van der Waals surface area contributed by atoms with Gasteiger partial charge in [0.1, 0.15) is 0 Å². The molecule has 0 fully saturated rings. The van der Waals surface area contributed by atoms with Crippen molar-refractivity contribution in [1.82, 2.24) is 4.98 Å². The third-order valence-electron chi connectivity index (χ3n) is 1.38. The van der Waals surface area contributed by atoms with E-state index >= 15 is 0 Å². The highest BCUT2D eigenvalue weighted by molar-refractivity contribution is 9.10. The lowest BCUT2D eigenvalue weighted by Gasteiger charge is -1.99. The van der Waals surface area contributed by atoms with Gasteiger partial charge in [0.2, 0.25) is 0 Å². The van der Waals surface area contributed by atoms with Crippen LogP contribution >= 0.6 is 27.5 Å². The lowest BCUT2D eigenvalue weighted by molar-refractivity contribution is 0.882. The van der Waals surface area contributed by atoms with E-state index in [1.807, 2.05) is 12.1 Å². The van der Waals surface area contributed by atoms with Crippen LogP contribution < -0.4 is 0 Å². The molecular weight excluding hydrogens is 225 g/mol. The molecule has 1 nitrogen and oxygen atoms in total. The first-order chi connectivity index (χ1) is 5.34. The van der Waals surface area contributed by atoms with Gasteiger partial charge in [-0.15, -0.1) is 11.6 Å². The molecule has 11 heavy (non-hydrogen) atoms. The fourth-order valence-electron chi connectivity index (χ4n) is 0.837. The molecule has 0 bridgehead atoms. The maximum absolute atomic E-state index is 5.56. The molecular formula is C8H9BrClN. The van der Waals surface area contributed by atoms with Gasteiger partial charge < -0.3 is 0 Å². The number of nitrogens with zero attached hydrogens (tertiary/aromatic N) is 1. The maximum atomic E-state index is 5.56. The third kappa shape index (κ3) is 2.80. The van der Waals surface area contributed by atoms with E-state index in [0.29, 0.717) is 5.88 Å². The minimum Gasteiger partial charge on any atom is -0.260 e. The highest BCUT2D eigenvalue weighted by atomic mass is 79.9. The maximum Gasteiger partial charge on any atom is 0.0545 e. The van der Waals surface area contributed by atoms with E-state index in [2.05, 4.69) is 20.9 Å². The van der Waals surface area contributed by atoms with Crippen LogP contribution in [0.15, 0.2) is 22.8 Å². The second-order valence-electron chi connectivity index (χ2n) is 2.22. The Morgan fingerprint density at radius 1 is 1.55 bits per heavy atom. The molecule has 0 saturated heterocycles. The van der Waals surface area contributed by atoms with Gasteiger partial charge in [-0.2, -0.15) is 0 Å². The molecule has 3 heteroatoms. The fraction of sp³-hybridized carbons (Fsp3) is 0.375. The van der Waals surface area contributed by atoms with E-state index in [0.717, 1.165) is 23.0 Å². The Bertz CT molecular complexity index is 227. The van der Waals surface area contributed by atoms with E-state index in [1.165, 1.54) is 0 Å². The minimum atomic E-state index is 0.697. The van der Waals surface area contributed by atoms with Gasteiger partial charge in [0.25, 0.3) is 0 Å². The Morgan fingerprint density at radius 2 is 2.36 bits per heavy atom. The number of alkyl halides is 1. The van der Waals surface area contributed by atoms with Crippen LogP contribution in [-0.4, -0.2) is 10.9 Å². The van der Waals surface area contributed by atoms with Crippen molar-refractivity contribution < 1.29 is 0 Å². The smallest absolute Gasteiger partial charge is 0.0545 e. The predicted octanol–water partition coefficient (Wildman–Crippen LogP) is 3.02.